The Balaban J connectivity index is 1.86. The van der Waals surface area contributed by atoms with Crippen molar-refractivity contribution in [3.05, 3.63) is 41.9 Å². The molecule has 0 radical (unpaired) electrons. The van der Waals surface area contributed by atoms with Crippen LogP contribution < -0.4 is 4.90 Å². The molecule has 2 amide bonds. The summed E-state index contributed by atoms with van der Waals surface area (Å²) in [5, 5.41) is 10.4. The molecule has 3 fully saturated rings. The number of aliphatic hydroxyl groups excluding tert-OH is 1. The van der Waals surface area contributed by atoms with Crippen LogP contribution in [0.3, 0.4) is 0 Å². The fourth-order valence-corrected chi connectivity index (χ4v) is 6.58. The third kappa shape index (κ3) is 3.69. The van der Waals surface area contributed by atoms with E-state index >= 15 is 0 Å². The number of carbonyl (C=O) groups excluding carboxylic acids is 3. The van der Waals surface area contributed by atoms with Crippen LogP contribution in [0.5, 0.6) is 0 Å². The zero-order valence-corrected chi connectivity index (χ0v) is 21.2. The van der Waals surface area contributed by atoms with Crippen molar-refractivity contribution in [3.63, 3.8) is 0 Å². The summed E-state index contributed by atoms with van der Waals surface area (Å²) in [6, 6.07) is 5.28. The highest BCUT2D eigenvalue weighted by Gasteiger charge is 2.79. The second kappa shape index (κ2) is 9.56. The Morgan fingerprint density at radius 3 is 2.69 bits per heavy atom. The topological polar surface area (TPSA) is 96.4 Å². The average Bonchev–Trinajstić information content (AvgIpc) is 3.46. The fraction of sp³-hybridized carbons (Fsp3) is 0.577. The number of anilines is 1. The van der Waals surface area contributed by atoms with E-state index in [9.17, 15) is 19.5 Å². The van der Waals surface area contributed by atoms with Crippen LogP contribution in [0.25, 0.3) is 0 Å². The highest BCUT2D eigenvalue weighted by Crippen LogP contribution is 2.64. The number of nitrogens with zero attached hydrogens (tertiary/aromatic N) is 2. The average molecular weight is 505 g/mol. The van der Waals surface area contributed by atoms with Gasteiger partial charge in [-0.3, -0.25) is 14.4 Å². The van der Waals surface area contributed by atoms with Crippen molar-refractivity contribution in [2.75, 3.05) is 24.7 Å². The Morgan fingerprint density at radius 1 is 1.37 bits per heavy atom. The van der Waals surface area contributed by atoms with Crippen LogP contribution in [0.1, 0.15) is 40.0 Å². The molecule has 6 atom stereocenters. The van der Waals surface area contributed by atoms with Gasteiger partial charge in [-0.2, -0.15) is 0 Å². The lowest BCUT2D eigenvalue weighted by atomic mass is 9.65. The number of likely N-dealkylation sites (tertiary alicyclic amines) is 1. The zero-order chi connectivity index (χ0) is 25.5. The van der Waals surface area contributed by atoms with E-state index in [4.69, 9.17) is 21.1 Å². The third-order valence-electron chi connectivity index (χ3n) is 7.85. The largest absolute Gasteiger partial charge is 0.466 e. The van der Waals surface area contributed by atoms with Crippen molar-refractivity contribution in [1.82, 2.24) is 4.90 Å². The monoisotopic (exact) mass is 504 g/mol. The van der Waals surface area contributed by atoms with Crippen molar-refractivity contribution in [1.29, 1.82) is 0 Å². The minimum atomic E-state index is -1.20. The van der Waals surface area contributed by atoms with Gasteiger partial charge in [0.05, 0.1) is 41.5 Å². The van der Waals surface area contributed by atoms with Crippen LogP contribution in [-0.4, -0.2) is 70.8 Å². The quantitative estimate of drug-likeness (QED) is 0.410. The van der Waals surface area contributed by atoms with E-state index in [0.717, 1.165) is 0 Å². The van der Waals surface area contributed by atoms with Crippen molar-refractivity contribution in [3.8, 4) is 0 Å². The number of halogens is 1. The molecule has 1 spiro atoms. The van der Waals surface area contributed by atoms with Gasteiger partial charge < -0.3 is 24.4 Å². The first-order valence-corrected chi connectivity index (χ1v) is 12.6. The summed E-state index contributed by atoms with van der Waals surface area (Å²) in [7, 11) is 0. The second-order valence-electron chi connectivity index (χ2n) is 9.55. The Kier molecular flexibility index (Phi) is 7.01. The van der Waals surface area contributed by atoms with Gasteiger partial charge in [-0.15, -0.1) is 6.58 Å². The third-order valence-corrected chi connectivity index (χ3v) is 8.17. The summed E-state index contributed by atoms with van der Waals surface area (Å²) in [5.41, 5.74) is -1.58. The summed E-state index contributed by atoms with van der Waals surface area (Å²) >= 11 is 6.45. The number of ether oxygens (including phenoxy) is 2. The lowest BCUT2D eigenvalue weighted by Crippen LogP contribution is -2.58. The molecule has 190 valence electrons. The number of hydrogen-bond acceptors (Lipinski definition) is 6. The van der Waals surface area contributed by atoms with E-state index in [1.807, 2.05) is 6.92 Å². The van der Waals surface area contributed by atoms with Gasteiger partial charge in [-0.1, -0.05) is 36.7 Å². The molecular weight excluding hydrogens is 472 g/mol. The minimum Gasteiger partial charge on any atom is -0.466 e. The van der Waals surface area contributed by atoms with E-state index in [1.165, 1.54) is 9.80 Å². The van der Waals surface area contributed by atoms with Crippen LogP contribution >= 0.6 is 11.6 Å². The summed E-state index contributed by atoms with van der Waals surface area (Å²) in [5.74, 6) is -2.91. The molecule has 0 aromatic heterocycles. The van der Waals surface area contributed by atoms with E-state index in [-0.39, 0.29) is 31.6 Å². The van der Waals surface area contributed by atoms with Crippen molar-refractivity contribution in [2.24, 2.45) is 11.8 Å². The predicted molar refractivity (Wildman–Crippen MR) is 131 cm³/mol. The van der Waals surface area contributed by atoms with Crippen LogP contribution in [0.4, 0.5) is 5.69 Å². The number of esters is 1. The molecule has 2 bridgehead atoms. The van der Waals surface area contributed by atoms with E-state index in [2.05, 4.69) is 6.58 Å². The lowest BCUT2D eigenvalue weighted by Gasteiger charge is -2.38. The predicted octanol–water partition coefficient (Wildman–Crippen LogP) is 2.96. The molecule has 4 rings (SSSR count). The molecule has 35 heavy (non-hydrogen) atoms. The first-order chi connectivity index (χ1) is 16.7. The van der Waals surface area contributed by atoms with Crippen LogP contribution in [-0.2, 0) is 23.9 Å². The number of aliphatic hydroxyl groups is 1. The van der Waals surface area contributed by atoms with Crippen LogP contribution in [0, 0.1) is 11.8 Å². The molecular formula is C26H33ClN2O6. The molecule has 1 N–H and O–H groups in total. The lowest BCUT2D eigenvalue weighted by molar-refractivity contribution is -0.161. The van der Waals surface area contributed by atoms with Crippen LogP contribution in [0.2, 0.25) is 5.02 Å². The molecule has 2 unspecified atom stereocenters. The smallest absolute Gasteiger partial charge is 0.312 e. The molecule has 3 heterocycles. The van der Waals surface area contributed by atoms with Gasteiger partial charge in [0.1, 0.15) is 17.6 Å². The van der Waals surface area contributed by atoms with Crippen molar-refractivity contribution in [2.45, 2.75) is 63.3 Å². The number of benzene rings is 1. The highest BCUT2D eigenvalue weighted by molar-refractivity contribution is 6.34. The Morgan fingerprint density at radius 2 is 2.09 bits per heavy atom. The maximum absolute atomic E-state index is 14.3. The van der Waals surface area contributed by atoms with E-state index in [1.54, 1.807) is 44.2 Å². The molecule has 3 aliphatic heterocycles. The number of hydrogen-bond donors (Lipinski definition) is 1. The summed E-state index contributed by atoms with van der Waals surface area (Å²) in [6.07, 6.45) is 3.09. The molecule has 3 saturated heterocycles. The summed E-state index contributed by atoms with van der Waals surface area (Å²) in [6.45, 7) is 9.13. The van der Waals surface area contributed by atoms with Gasteiger partial charge in [0.25, 0.3) is 5.91 Å². The Labute approximate surface area is 210 Å². The maximum Gasteiger partial charge on any atom is 0.312 e. The van der Waals surface area contributed by atoms with Gasteiger partial charge in [-0.05, 0) is 45.2 Å². The van der Waals surface area contributed by atoms with Crippen molar-refractivity contribution < 1.29 is 29.0 Å². The van der Waals surface area contributed by atoms with Crippen LogP contribution in [0.15, 0.2) is 36.9 Å². The maximum atomic E-state index is 14.3. The first-order valence-electron chi connectivity index (χ1n) is 12.2. The summed E-state index contributed by atoms with van der Waals surface area (Å²) < 4.78 is 12.1. The van der Waals surface area contributed by atoms with Gasteiger partial charge in [0, 0.05) is 6.54 Å². The van der Waals surface area contributed by atoms with Gasteiger partial charge in [0.2, 0.25) is 5.91 Å². The molecule has 1 aromatic rings. The van der Waals surface area contributed by atoms with Crippen molar-refractivity contribution >= 4 is 35.1 Å². The molecule has 0 saturated carbocycles. The second-order valence-corrected chi connectivity index (χ2v) is 9.96. The molecule has 9 heteroatoms. The van der Waals surface area contributed by atoms with Gasteiger partial charge in [-0.25, -0.2) is 0 Å². The number of fused-ring (bicyclic) bond motifs is 1. The van der Waals surface area contributed by atoms with E-state index < -0.39 is 41.1 Å². The molecule has 3 aliphatic rings. The molecule has 1 aromatic carbocycles. The number of rotatable bonds is 9. The summed E-state index contributed by atoms with van der Waals surface area (Å²) in [4.78, 5) is 44.4. The SMILES string of the molecule is C=CCN(C(=O)C1N([C@H](C)CO)C(=O)[C@@H]2[C@@H](C(=O)OCC)[C@@]3(CC)CCC12O3)c1ccccc1Cl. The first kappa shape index (κ1) is 25.7. The number of carbonyl (C=O) groups is 3. The minimum absolute atomic E-state index is 0.162. The zero-order valence-electron chi connectivity index (χ0n) is 20.4. The Hall–Kier alpha value is -2.42. The number of amides is 2. The molecule has 0 aliphatic carbocycles. The fourth-order valence-electron chi connectivity index (χ4n) is 6.34. The van der Waals surface area contributed by atoms with Gasteiger partial charge >= 0.3 is 5.97 Å². The standard InChI is InChI=1S/C26H33ClN2O6/c1-5-14-28(18-11-9-8-10-17(18)27)23(32)21-26-13-12-25(6-2,35-26)20(24(33)34-7-3)19(26)22(31)29(21)16(4)15-30/h5,8-11,16,19-21,30H,1,6-7,12-15H2,2-4H3/t16-,19+,20+,21?,25-,26?/m1/s1. The molecule has 8 nitrogen and oxygen atoms in total. The van der Waals surface area contributed by atoms with Gasteiger partial charge in [0.15, 0.2) is 0 Å². The van der Waals surface area contributed by atoms with E-state index in [0.29, 0.717) is 30.0 Å². The Bertz CT molecular complexity index is 1030. The number of para-hydroxylation sites is 1. The highest BCUT2D eigenvalue weighted by atomic mass is 35.5. The normalized spacial score (nSPS) is 31.9.